The summed E-state index contributed by atoms with van der Waals surface area (Å²) in [5.74, 6) is 0.215. The lowest BCUT2D eigenvalue weighted by Crippen LogP contribution is -2.44. The van der Waals surface area contributed by atoms with Gasteiger partial charge in [-0.3, -0.25) is 5.32 Å². The summed E-state index contributed by atoms with van der Waals surface area (Å²) in [4.78, 5) is 0. The van der Waals surface area contributed by atoms with Crippen molar-refractivity contribution in [3.63, 3.8) is 0 Å². The Kier molecular flexibility index (Phi) is 5.31. The molecule has 104 valence electrons. The van der Waals surface area contributed by atoms with E-state index in [0.29, 0.717) is 17.7 Å². The number of nitrogens with one attached hydrogen (secondary N) is 1. The van der Waals surface area contributed by atoms with Crippen LogP contribution in [0, 0.1) is 24.1 Å². The highest BCUT2D eigenvalue weighted by Gasteiger charge is 2.26. The summed E-state index contributed by atoms with van der Waals surface area (Å²) in [7, 11) is 0. The number of rotatable bonds is 6. The van der Waals surface area contributed by atoms with Crippen LogP contribution in [0.3, 0.4) is 0 Å². The quantitative estimate of drug-likeness (QED) is 0.858. The molecule has 0 aliphatic heterocycles. The molecule has 0 saturated carbocycles. The molecule has 0 aliphatic rings. The number of hydrogen-bond donors (Lipinski definition) is 1. The summed E-state index contributed by atoms with van der Waals surface area (Å²) in [6.45, 7) is 8.10. The van der Waals surface area contributed by atoms with Crippen molar-refractivity contribution < 1.29 is 9.13 Å². The topological polar surface area (TPSA) is 45.0 Å². The van der Waals surface area contributed by atoms with Gasteiger partial charge in [0.15, 0.2) is 0 Å². The van der Waals surface area contributed by atoms with Crippen molar-refractivity contribution in [1.82, 2.24) is 5.32 Å². The first-order chi connectivity index (χ1) is 8.90. The summed E-state index contributed by atoms with van der Waals surface area (Å²) < 4.78 is 19.1. The van der Waals surface area contributed by atoms with Crippen LogP contribution in [0.5, 0.6) is 5.75 Å². The largest absolute Gasteiger partial charge is 0.491 e. The maximum absolute atomic E-state index is 13.4. The Bertz CT molecular complexity index is 470. The minimum Gasteiger partial charge on any atom is -0.491 e. The van der Waals surface area contributed by atoms with Crippen LogP contribution in [0.2, 0.25) is 0 Å². The highest BCUT2D eigenvalue weighted by molar-refractivity contribution is 5.28. The zero-order valence-electron chi connectivity index (χ0n) is 12.0. The van der Waals surface area contributed by atoms with Crippen LogP contribution in [0.1, 0.15) is 32.8 Å². The maximum atomic E-state index is 13.4. The Balaban J connectivity index is 2.67. The number of benzene rings is 1. The summed E-state index contributed by atoms with van der Waals surface area (Å²) in [6, 6.07) is 7.06. The molecule has 0 bridgehead atoms. The SMILES string of the molecule is CCNC(C)(C#N)CC(C)Oc1ccc(C)c(F)c1. The van der Waals surface area contributed by atoms with Gasteiger partial charge in [-0.15, -0.1) is 0 Å². The lowest BCUT2D eigenvalue weighted by atomic mass is 9.96. The van der Waals surface area contributed by atoms with Crippen molar-refractivity contribution >= 4 is 0 Å². The van der Waals surface area contributed by atoms with Gasteiger partial charge in [0.25, 0.3) is 0 Å². The molecule has 1 rings (SSSR count). The molecule has 2 atom stereocenters. The van der Waals surface area contributed by atoms with Gasteiger partial charge in [0.05, 0.1) is 12.2 Å². The third-order valence-corrected chi connectivity index (χ3v) is 2.99. The predicted molar refractivity (Wildman–Crippen MR) is 73.5 cm³/mol. The van der Waals surface area contributed by atoms with E-state index >= 15 is 0 Å². The van der Waals surface area contributed by atoms with E-state index in [-0.39, 0.29) is 11.9 Å². The van der Waals surface area contributed by atoms with Crippen LogP contribution in [0.25, 0.3) is 0 Å². The lowest BCUT2D eigenvalue weighted by molar-refractivity contribution is 0.180. The summed E-state index contributed by atoms with van der Waals surface area (Å²) in [6.07, 6.45) is 0.359. The fraction of sp³-hybridized carbons (Fsp3) is 0.533. The van der Waals surface area contributed by atoms with Gasteiger partial charge in [-0.25, -0.2) is 4.39 Å². The van der Waals surface area contributed by atoms with E-state index < -0.39 is 5.54 Å². The van der Waals surface area contributed by atoms with Crippen LogP contribution in [-0.2, 0) is 0 Å². The van der Waals surface area contributed by atoms with E-state index in [1.807, 2.05) is 20.8 Å². The van der Waals surface area contributed by atoms with Crippen molar-refractivity contribution in [3.8, 4) is 11.8 Å². The molecule has 0 amide bonds. The standard InChI is InChI=1S/C15H21FN2O/c1-5-18-15(4,10-17)9-12(3)19-13-7-6-11(2)14(16)8-13/h6-8,12,18H,5,9H2,1-4H3. The second-order valence-corrected chi connectivity index (χ2v) is 5.02. The number of aryl methyl sites for hydroxylation is 1. The highest BCUT2D eigenvalue weighted by Crippen LogP contribution is 2.20. The van der Waals surface area contributed by atoms with Crippen molar-refractivity contribution in [2.75, 3.05) is 6.54 Å². The van der Waals surface area contributed by atoms with Crippen molar-refractivity contribution in [1.29, 1.82) is 5.26 Å². The Morgan fingerprint density at radius 3 is 2.74 bits per heavy atom. The molecule has 3 nitrogen and oxygen atoms in total. The molecule has 4 heteroatoms. The molecule has 2 unspecified atom stereocenters. The zero-order valence-corrected chi connectivity index (χ0v) is 12.0. The second-order valence-electron chi connectivity index (χ2n) is 5.02. The van der Waals surface area contributed by atoms with Crippen LogP contribution in [-0.4, -0.2) is 18.2 Å². The van der Waals surface area contributed by atoms with Gasteiger partial charge in [-0.05, 0) is 38.9 Å². The molecule has 19 heavy (non-hydrogen) atoms. The summed E-state index contributed by atoms with van der Waals surface area (Å²) in [5, 5.41) is 12.3. The number of nitrogens with zero attached hydrogens (tertiary/aromatic N) is 1. The molecule has 0 heterocycles. The average Bonchev–Trinajstić information content (AvgIpc) is 2.34. The molecule has 0 spiro atoms. The van der Waals surface area contributed by atoms with Crippen LogP contribution < -0.4 is 10.1 Å². The third kappa shape index (κ3) is 4.53. The molecule has 1 aromatic rings. The molecular weight excluding hydrogens is 243 g/mol. The monoisotopic (exact) mass is 264 g/mol. The van der Waals surface area contributed by atoms with Gasteiger partial charge in [-0.1, -0.05) is 13.0 Å². The lowest BCUT2D eigenvalue weighted by Gasteiger charge is -2.26. The number of ether oxygens (including phenoxy) is 1. The van der Waals surface area contributed by atoms with Crippen molar-refractivity contribution in [3.05, 3.63) is 29.6 Å². The van der Waals surface area contributed by atoms with Gasteiger partial charge in [-0.2, -0.15) is 5.26 Å². The molecule has 0 aromatic heterocycles. The zero-order chi connectivity index (χ0) is 14.5. The Morgan fingerprint density at radius 2 is 2.21 bits per heavy atom. The number of halogens is 1. The first-order valence-electron chi connectivity index (χ1n) is 6.49. The summed E-state index contributed by atoms with van der Waals surface area (Å²) in [5.41, 5.74) is -0.0354. The Hall–Kier alpha value is -1.60. The van der Waals surface area contributed by atoms with Crippen LogP contribution in [0.4, 0.5) is 4.39 Å². The van der Waals surface area contributed by atoms with E-state index in [4.69, 9.17) is 4.74 Å². The van der Waals surface area contributed by atoms with Gasteiger partial charge in [0, 0.05) is 12.5 Å². The molecule has 1 N–H and O–H groups in total. The van der Waals surface area contributed by atoms with Crippen molar-refractivity contribution in [2.45, 2.75) is 45.8 Å². The molecule has 0 fully saturated rings. The van der Waals surface area contributed by atoms with Gasteiger partial charge in [0.1, 0.15) is 17.1 Å². The molecule has 0 aliphatic carbocycles. The fourth-order valence-corrected chi connectivity index (χ4v) is 2.04. The van der Waals surface area contributed by atoms with E-state index in [9.17, 15) is 9.65 Å². The molecule has 0 saturated heterocycles. The van der Waals surface area contributed by atoms with E-state index in [2.05, 4.69) is 11.4 Å². The van der Waals surface area contributed by atoms with Gasteiger partial charge < -0.3 is 4.74 Å². The first-order valence-corrected chi connectivity index (χ1v) is 6.49. The van der Waals surface area contributed by atoms with Gasteiger partial charge in [0.2, 0.25) is 0 Å². The molecule has 0 radical (unpaired) electrons. The average molecular weight is 264 g/mol. The van der Waals surface area contributed by atoms with E-state index in [1.165, 1.54) is 6.07 Å². The third-order valence-electron chi connectivity index (χ3n) is 2.99. The van der Waals surface area contributed by atoms with E-state index in [1.54, 1.807) is 19.1 Å². The van der Waals surface area contributed by atoms with Crippen LogP contribution >= 0.6 is 0 Å². The van der Waals surface area contributed by atoms with Crippen LogP contribution in [0.15, 0.2) is 18.2 Å². The summed E-state index contributed by atoms with van der Waals surface area (Å²) >= 11 is 0. The Morgan fingerprint density at radius 1 is 1.53 bits per heavy atom. The number of hydrogen-bond acceptors (Lipinski definition) is 3. The number of nitriles is 1. The smallest absolute Gasteiger partial charge is 0.129 e. The molecular formula is C15H21FN2O. The molecule has 1 aromatic carbocycles. The van der Waals surface area contributed by atoms with E-state index in [0.717, 1.165) is 6.54 Å². The minimum absolute atomic E-state index is 0.175. The second kappa shape index (κ2) is 6.53. The maximum Gasteiger partial charge on any atom is 0.129 e. The van der Waals surface area contributed by atoms with Crippen molar-refractivity contribution in [2.24, 2.45) is 0 Å². The first kappa shape index (κ1) is 15.5. The Labute approximate surface area is 114 Å². The normalized spacial score (nSPS) is 15.4. The highest BCUT2D eigenvalue weighted by atomic mass is 19.1. The van der Waals surface area contributed by atoms with Gasteiger partial charge >= 0.3 is 0 Å². The fourth-order valence-electron chi connectivity index (χ4n) is 2.04. The predicted octanol–water partition coefficient (Wildman–Crippen LogP) is 3.18. The minimum atomic E-state index is -0.628.